The molecule has 0 bridgehead atoms. The maximum atomic E-state index is 12.8. The number of carbonyl (C=O) groups excluding carboxylic acids is 5. The van der Waals surface area contributed by atoms with E-state index < -0.39 is 32.5 Å². The van der Waals surface area contributed by atoms with E-state index in [1.54, 1.807) is 12.1 Å². The van der Waals surface area contributed by atoms with E-state index in [9.17, 15) is 33.4 Å². The lowest BCUT2D eigenvalue weighted by atomic mass is 10.1. The maximum Gasteiger partial charge on any atom is 0.472 e. The minimum Gasteiger partial charge on any atom is -0.462 e. The Kier molecular flexibility index (Phi) is 36.6. The molecule has 1 aliphatic rings. The number of esters is 2. The highest BCUT2D eigenvalue weighted by Crippen LogP contribution is 2.43. The van der Waals surface area contributed by atoms with Crippen molar-refractivity contribution in [1.29, 1.82) is 0 Å². The lowest BCUT2D eigenvalue weighted by Crippen LogP contribution is -2.30. The van der Waals surface area contributed by atoms with E-state index in [4.69, 9.17) is 18.5 Å². The second kappa shape index (κ2) is 41.0. The molecule has 1 fully saturated rings. The summed E-state index contributed by atoms with van der Waals surface area (Å²) in [6, 6.07) is 7.11. The van der Waals surface area contributed by atoms with Crippen molar-refractivity contribution < 1.29 is 52.0 Å². The number of rotatable bonds is 45. The zero-order valence-electron chi connectivity index (χ0n) is 42.8. The molecule has 13 nitrogen and oxygen atoms in total. The zero-order chi connectivity index (χ0) is 50.1. The topological polar surface area (TPSA) is 175 Å². The van der Waals surface area contributed by atoms with Crippen molar-refractivity contribution in [1.82, 2.24) is 5.32 Å². The number of phosphoric ester groups is 1. The molecule has 392 valence electrons. The number of hydrogen-bond acceptors (Lipinski definition) is 10. The standard InChI is InChI=1S/C55H91N2O11P/c1-3-5-7-9-11-13-15-17-19-21-23-25-27-29-31-36-54(61)65-46-50(68-55(62)37-32-30-28-26-24-22-20-18-16-14-12-10-8-6-4-2)47-67-69(63,64)66-45-44-56-51(58)35-33-34-48-38-40-49(41-39-48)57-52(59)42-43-53(57)60/h17-20,38-41,50H,3-16,21-37,42-47H2,1-2H3,(H,56,58)(H,63,64)/b19-17+,20-18+. The zero-order valence-corrected chi connectivity index (χ0v) is 43.7. The van der Waals surface area contributed by atoms with E-state index in [2.05, 4.69) is 43.5 Å². The van der Waals surface area contributed by atoms with Gasteiger partial charge < -0.3 is 19.7 Å². The van der Waals surface area contributed by atoms with E-state index in [1.807, 2.05) is 12.1 Å². The van der Waals surface area contributed by atoms with Gasteiger partial charge in [-0.2, -0.15) is 0 Å². The van der Waals surface area contributed by atoms with Crippen LogP contribution in [0.5, 0.6) is 0 Å². The summed E-state index contributed by atoms with van der Waals surface area (Å²) in [7, 11) is -4.62. The van der Waals surface area contributed by atoms with Crippen LogP contribution in [-0.2, 0) is 53.5 Å². The molecule has 0 radical (unpaired) electrons. The van der Waals surface area contributed by atoms with Crippen molar-refractivity contribution in [2.24, 2.45) is 0 Å². The second-order valence-corrected chi connectivity index (χ2v) is 20.0. The summed E-state index contributed by atoms with van der Waals surface area (Å²) < 4.78 is 34.0. The second-order valence-electron chi connectivity index (χ2n) is 18.6. The summed E-state index contributed by atoms with van der Waals surface area (Å²) in [4.78, 5) is 73.5. The Bertz CT molecular complexity index is 1630. The molecule has 2 atom stereocenters. The molecule has 1 aromatic rings. The van der Waals surface area contributed by atoms with E-state index in [-0.39, 0.29) is 69.6 Å². The van der Waals surface area contributed by atoms with Crippen LogP contribution < -0.4 is 10.2 Å². The average Bonchev–Trinajstić information content (AvgIpc) is 3.67. The van der Waals surface area contributed by atoms with E-state index in [0.717, 1.165) is 82.6 Å². The molecule has 1 aliphatic heterocycles. The smallest absolute Gasteiger partial charge is 0.462 e. The fourth-order valence-electron chi connectivity index (χ4n) is 8.08. The van der Waals surface area contributed by atoms with Crippen molar-refractivity contribution in [3.8, 4) is 0 Å². The van der Waals surface area contributed by atoms with Crippen LogP contribution in [0.3, 0.4) is 0 Å². The van der Waals surface area contributed by atoms with Gasteiger partial charge in [-0.25, -0.2) is 4.57 Å². The number of phosphoric acid groups is 1. The highest BCUT2D eigenvalue weighted by molar-refractivity contribution is 7.47. The van der Waals surface area contributed by atoms with E-state index in [0.29, 0.717) is 31.4 Å². The minimum absolute atomic E-state index is 0.0400. The molecule has 0 aliphatic carbocycles. The highest BCUT2D eigenvalue weighted by Gasteiger charge is 2.30. The third-order valence-electron chi connectivity index (χ3n) is 12.2. The SMILES string of the molecule is CCCCCCCC/C=C/CCCCCCCC(=O)OCC(COP(=O)(O)OCCNC(=O)CCCc1ccc(N2C(=O)CCC2=O)cc1)OC(=O)CCCCCCC/C=C/CCCCCCCC. The minimum atomic E-state index is -4.62. The summed E-state index contributed by atoms with van der Waals surface area (Å²) >= 11 is 0. The van der Waals surface area contributed by atoms with Gasteiger partial charge in [-0.3, -0.25) is 37.9 Å². The molecule has 2 N–H and O–H groups in total. The molecule has 1 aromatic carbocycles. The van der Waals surface area contributed by atoms with Crippen molar-refractivity contribution in [2.75, 3.05) is 31.3 Å². The van der Waals surface area contributed by atoms with Crippen LogP contribution in [-0.4, -0.2) is 67.0 Å². The van der Waals surface area contributed by atoms with Gasteiger partial charge >= 0.3 is 19.8 Å². The number of benzene rings is 1. The quantitative estimate of drug-likeness (QED) is 0.0209. The number of hydrogen-bond donors (Lipinski definition) is 2. The van der Waals surface area contributed by atoms with Gasteiger partial charge in [0.2, 0.25) is 17.7 Å². The van der Waals surface area contributed by atoms with Gasteiger partial charge in [0.25, 0.3) is 0 Å². The predicted octanol–water partition coefficient (Wildman–Crippen LogP) is 13.4. The normalized spacial score (nSPS) is 14.2. The first-order chi connectivity index (χ1) is 33.5. The predicted molar refractivity (Wildman–Crippen MR) is 276 cm³/mol. The van der Waals surface area contributed by atoms with Crippen LogP contribution in [0.1, 0.15) is 225 Å². The number of aryl methyl sites for hydroxylation is 1. The van der Waals surface area contributed by atoms with Gasteiger partial charge in [-0.1, -0.05) is 153 Å². The Morgan fingerprint density at radius 1 is 0.609 bits per heavy atom. The van der Waals surface area contributed by atoms with E-state index in [1.165, 1.54) is 81.9 Å². The molecule has 69 heavy (non-hydrogen) atoms. The van der Waals surface area contributed by atoms with Crippen LogP contribution in [0.25, 0.3) is 0 Å². The molecule has 0 saturated carbocycles. The number of imide groups is 1. The molecule has 1 saturated heterocycles. The molecule has 2 unspecified atom stereocenters. The summed E-state index contributed by atoms with van der Waals surface area (Å²) in [5, 5.41) is 2.66. The van der Waals surface area contributed by atoms with Crippen LogP contribution in [0.15, 0.2) is 48.6 Å². The average molecular weight is 987 g/mol. The largest absolute Gasteiger partial charge is 0.472 e. The molecule has 0 aromatic heterocycles. The molecule has 3 amide bonds. The summed E-state index contributed by atoms with van der Waals surface area (Å²) in [6.45, 7) is 3.29. The Labute approximate surface area is 416 Å². The first kappa shape index (κ1) is 61.5. The van der Waals surface area contributed by atoms with Gasteiger partial charge in [0.1, 0.15) is 6.61 Å². The van der Waals surface area contributed by atoms with Crippen molar-refractivity contribution in [3.63, 3.8) is 0 Å². The third-order valence-corrected chi connectivity index (χ3v) is 13.2. The maximum absolute atomic E-state index is 12.8. The fourth-order valence-corrected chi connectivity index (χ4v) is 8.83. The molecular formula is C55H91N2O11P. The molecule has 14 heteroatoms. The summed E-state index contributed by atoms with van der Waals surface area (Å²) in [5.41, 5.74) is 1.49. The van der Waals surface area contributed by atoms with Crippen LogP contribution >= 0.6 is 7.82 Å². The number of nitrogens with zero attached hydrogens (tertiary/aromatic N) is 1. The Balaban J connectivity index is 1.69. The number of allylic oxidation sites excluding steroid dienone is 4. The van der Waals surface area contributed by atoms with Gasteiger partial charge in [0.15, 0.2) is 6.10 Å². The molecule has 1 heterocycles. The van der Waals surface area contributed by atoms with Crippen molar-refractivity contribution in [3.05, 3.63) is 54.1 Å². The molecule has 0 spiro atoms. The lowest BCUT2D eigenvalue weighted by molar-refractivity contribution is -0.161. The van der Waals surface area contributed by atoms with Gasteiger partial charge in [-0.05, 0) is 94.7 Å². The number of anilines is 1. The first-order valence-electron chi connectivity index (χ1n) is 27.0. The van der Waals surface area contributed by atoms with Crippen LogP contribution in [0, 0.1) is 0 Å². The number of ether oxygens (including phenoxy) is 2. The first-order valence-corrected chi connectivity index (χ1v) is 28.5. The van der Waals surface area contributed by atoms with Crippen molar-refractivity contribution >= 4 is 43.2 Å². The van der Waals surface area contributed by atoms with Gasteiger partial charge in [0, 0.05) is 38.6 Å². The monoisotopic (exact) mass is 987 g/mol. The molecular weight excluding hydrogens is 896 g/mol. The molecule has 2 rings (SSSR count). The Morgan fingerprint density at radius 2 is 1.07 bits per heavy atom. The van der Waals surface area contributed by atoms with Crippen molar-refractivity contribution in [2.45, 2.75) is 232 Å². The lowest BCUT2D eigenvalue weighted by Gasteiger charge is -2.20. The van der Waals surface area contributed by atoms with E-state index >= 15 is 0 Å². The Hall–Kier alpha value is -3.64. The van der Waals surface area contributed by atoms with Gasteiger partial charge in [0.05, 0.1) is 18.9 Å². The van der Waals surface area contributed by atoms with Gasteiger partial charge in [-0.15, -0.1) is 0 Å². The number of carbonyl (C=O) groups is 5. The van der Waals surface area contributed by atoms with Crippen LogP contribution in [0.2, 0.25) is 0 Å². The fraction of sp³-hybridized carbons (Fsp3) is 0.727. The third kappa shape index (κ3) is 33.6. The highest BCUT2D eigenvalue weighted by atomic mass is 31.2. The summed E-state index contributed by atoms with van der Waals surface area (Å²) in [5.74, 6) is -1.62. The number of nitrogens with one attached hydrogen (secondary N) is 1. The number of amides is 3. The van der Waals surface area contributed by atoms with Crippen LogP contribution in [0.4, 0.5) is 5.69 Å². The Morgan fingerprint density at radius 3 is 1.58 bits per heavy atom. The number of unbranched alkanes of at least 4 members (excludes halogenated alkanes) is 22. The summed E-state index contributed by atoms with van der Waals surface area (Å²) in [6.07, 6.45) is 40.0.